The van der Waals surface area contributed by atoms with Crippen molar-refractivity contribution in [1.82, 2.24) is 4.57 Å². The van der Waals surface area contributed by atoms with Gasteiger partial charge in [-0.25, -0.2) is 0 Å². The van der Waals surface area contributed by atoms with Crippen LogP contribution in [0.15, 0.2) is 89.9 Å². The largest absolute Gasteiger partial charge is 0.368 e. The summed E-state index contributed by atoms with van der Waals surface area (Å²) >= 11 is 5.94. The summed E-state index contributed by atoms with van der Waals surface area (Å²) in [5, 5.41) is 4.46. The van der Waals surface area contributed by atoms with Gasteiger partial charge >= 0.3 is 0 Å². The van der Waals surface area contributed by atoms with Crippen molar-refractivity contribution < 1.29 is 9.59 Å². The number of rotatable bonds is 6. The van der Waals surface area contributed by atoms with Crippen LogP contribution in [0, 0.1) is 0 Å². The number of pyridine rings is 1. The molecule has 0 aliphatic rings. The molecule has 3 aromatic carbocycles. The number of fused-ring (bicyclic) bond motifs is 1. The Bertz CT molecular complexity index is 1380. The van der Waals surface area contributed by atoms with E-state index in [-0.39, 0.29) is 11.5 Å². The van der Waals surface area contributed by atoms with E-state index in [1.807, 2.05) is 18.2 Å². The number of nitrogens with zero attached hydrogens (tertiary/aromatic N) is 1. The fourth-order valence-electron chi connectivity index (χ4n) is 3.85. The summed E-state index contributed by atoms with van der Waals surface area (Å²) in [6, 6.07) is 21.8. The summed E-state index contributed by atoms with van der Waals surface area (Å²) in [5.74, 6) is -1.27. The molecular formula is C26H22ClN3O3. The van der Waals surface area contributed by atoms with Crippen molar-refractivity contribution in [1.29, 1.82) is 0 Å². The van der Waals surface area contributed by atoms with E-state index in [0.29, 0.717) is 27.0 Å². The van der Waals surface area contributed by atoms with Gasteiger partial charge in [-0.05, 0) is 48.4 Å². The Morgan fingerprint density at radius 3 is 2.24 bits per heavy atom. The van der Waals surface area contributed by atoms with Crippen molar-refractivity contribution in [3.05, 3.63) is 112 Å². The number of primary amides is 1. The fourth-order valence-corrected chi connectivity index (χ4v) is 3.97. The fraction of sp³-hybridized carbons (Fsp3) is 0.115. The predicted molar refractivity (Wildman–Crippen MR) is 130 cm³/mol. The third kappa shape index (κ3) is 4.52. The number of halogens is 1. The second kappa shape index (κ2) is 9.30. The minimum absolute atomic E-state index is 0.215. The maximum Gasteiger partial charge on any atom is 0.259 e. The van der Waals surface area contributed by atoms with E-state index in [9.17, 15) is 14.4 Å². The van der Waals surface area contributed by atoms with E-state index in [0.717, 1.165) is 5.56 Å². The number of hydrogen-bond acceptors (Lipinski definition) is 3. The number of nitrogens with two attached hydrogens (primary N) is 1. The van der Waals surface area contributed by atoms with E-state index in [2.05, 4.69) is 5.32 Å². The quantitative estimate of drug-likeness (QED) is 0.445. The SMILES string of the molecule is C[C@H](C(=O)Nc1cccc2c(=O)n([C@@H](C(N)=O)c3ccccc3)ccc12)c1ccc(Cl)cc1. The molecule has 0 fully saturated rings. The first-order valence-corrected chi connectivity index (χ1v) is 10.8. The molecule has 0 saturated carbocycles. The number of nitrogens with one attached hydrogen (secondary N) is 1. The summed E-state index contributed by atoms with van der Waals surface area (Å²) in [5.41, 5.74) is 7.23. The molecule has 1 aromatic heterocycles. The van der Waals surface area contributed by atoms with Crippen molar-refractivity contribution in [2.75, 3.05) is 5.32 Å². The zero-order valence-electron chi connectivity index (χ0n) is 17.9. The van der Waals surface area contributed by atoms with Crippen LogP contribution in [-0.4, -0.2) is 16.4 Å². The molecule has 0 saturated heterocycles. The van der Waals surface area contributed by atoms with Crippen LogP contribution in [0.4, 0.5) is 5.69 Å². The number of benzene rings is 3. The number of amides is 2. The van der Waals surface area contributed by atoms with Crippen LogP contribution in [0.25, 0.3) is 10.8 Å². The van der Waals surface area contributed by atoms with Gasteiger partial charge in [0.1, 0.15) is 6.04 Å². The molecule has 7 heteroatoms. The Hall–Kier alpha value is -3.90. The van der Waals surface area contributed by atoms with E-state index in [1.165, 1.54) is 10.8 Å². The maximum atomic E-state index is 13.3. The molecule has 0 aliphatic heterocycles. The highest BCUT2D eigenvalue weighted by molar-refractivity contribution is 6.30. The molecule has 0 radical (unpaired) electrons. The first-order chi connectivity index (χ1) is 15.9. The number of carbonyl (C=O) groups is 2. The lowest BCUT2D eigenvalue weighted by molar-refractivity contribution is -0.120. The zero-order valence-corrected chi connectivity index (χ0v) is 18.6. The summed E-state index contributed by atoms with van der Waals surface area (Å²) in [4.78, 5) is 38.4. The van der Waals surface area contributed by atoms with Crippen LogP contribution in [0.5, 0.6) is 0 Å². The van der Waals surface area contributed by atoms with Gasteiger partial charge in [0.05, 0.1) is 5.92 Å². The molecule has 0 bridgehead atoms. The monoisotopic (exact) mass is 459 g/mol. The average Bonchev–Trinajstić information content (AvgIpc) is 2.81. The minimum Gasteiger partial charge on any atom is -0.368 e. The molecule has 0 spiro atoms. The Labute approximate surface area is 195 Å². The second-order valence-corrected chi connectivity index (χ2v) is 8.21. The van der Waals surface area contributed by atoms with Crippen molar-refractivity contribution in [3.63, 3.8) is 0 Å². The summed E-state index contributed by atoms with van der Waals surface area (Å²) in [6.45, 7) is 1.80. The molecule has 3 N–H and O–H groups in total. The Balaban J connectivity index is 1.70. The second-order valence-electron chi connectivity index (χ2n) is 7.77. The first kappa shape index (κ1) is 22.3. The number of hydrogen-bond donors (Lipinski definition) is 2. The third-order valence-corrected chi connectivity index (χ3v) is 5.91. The number of anilines is 1. The maximum absolute atomic E-state index is 13.3. The Kier molecular flexibility index (Phi) is 6.29. The standard InChI is InChI=1S/C26H22ClN3O3/c1-16(17-10-12-19(27)13-11-17)25(32)29-22-9-5-8-21-20(22)14-15-30(26(21)33)23(24(28)31)18-6-3-2-4-7-18/h2-16,23H,1H3,(H2,28,31)(H,29,32)/t16-,23+/m0/s1. The van der Waals surface area contributed by atoms with Crippen molar-refractivity contribution in [2.45, 2.75) is 18.9 Å². The van der Waals surface area contributed by atoms with Gasteiger partial charge in [0.2, 0.25) is 11.8 Å². The van der Waals surface area contributed by atoms with Gasteiger partial charge in [-0.1, -0.05) is 60.1 Å². The molecule has 0 aliphatic carbocycles. The molecule has 2 atom stereocenters. The summed E-state index contributed by atoms with van der Waals surface area (Å²) < 4.78 is 1.32. The van der Waals surface area contributed by atoms with Gasteiger partial charge in [0.25, 0.3) is 5.56 Å². The van der Waals surface area contributed by atoms with Crippen LogP contribution in [0.2, 0.25) is 5.02 Å². The molecular weight excluding hydrogens is 438 g/mol. The minimum atomic E-state index is -0.939. The zero-order chi connectivity index (χ0) is 23.5. The Morgan fingerprint density at radius 2 is 1.58 bits per heavy atom. The highest BCUT2D eigenvalue weighted by Crippen LogP contribution is 2.26. The van der Waals surface area contributed by atoms with Gasteiger partial charge < -0.3 is 11.1 Å². The van der Waals surface area contributed by atoms with Crippen LogP contribution < -0.4 is 16.6 Å². The summed E-state index contributed by atoms with van der Waals surface area (Å²) in [6.07, 6.45) is 1.53. The molecule has 33 heavy (non-hydrogen) atoms. The lowest BCUT2D eigenvalue weighted by Crippen LogP contribution is -2.34. The molecule has 6 nitrogen and oxygen atoms in total. The highest BCUT2D eigenvalue weighted by atomic mass is 35.5. The van der Waals surface area contributed by atoms with Crippen LogP contribution in [0.1, 0.15) is 30.0 Å². The third-order valence-electron chi connectivity index (χ3n) is 5.66. The Morgan fingerprint density at radius 1 is 0.879 bits per heavy atom. The molecule has 0 unspecified atom stereocenters. The van der Waals surface area contributed by atoms with Crippen LogP contribution in [0.3, 0.4) is 0 Å². The van der Waals surface area contributed by atoms with Gasteiger partial charge in [-0.2, -0.15) is 0 Å². The van der Waals surface area contributed by atoms with Gasteiger partial charge in [0.15, 0.2) is 0 Å². The highest BCUT2D eigenvalue weighted by Gasteiger charge is 2.22. The smallest absolute Gasteiger partial charge is 0.259 e. The van der Waals surface area contributed by atoms with Crippen LogP contribution >= 0.6 is 11.6 Å². The predicted octanol–water partition coefficient (Wildman–Crippen LogP) is 4.47. The van der Waals surface area contributed by atoms with Gasteiger partial charge in [0, 0.05) is 27.7 Å². The van der Waals surface area contributed by atoms with E-state index in [4.69, 9.17) is 17.3 Å². The molecule has 1 heterocycles. The van der Waals surface area contributed by atoms with E-state index >= 15 is 0 Å². The van der Waals surface area contributed by atoms with Gasteiger partial charge in [-0.3, -0.25) is 19.0 Å². The lowest BCUT2D eigenvalue weighted by Gasteiger charge is -2.19. The van der Waals surface area contributed by atoms with Crippen molar-refractivity contribution in [2.24, 2.45) is 5.73 Å². The number of carbonyl (C=O) groups excluding carboxylic acids is 2. The molecule has 2 amide bonds. The van der Waals surface area contributed by atoms with Crippen molar-refractivity contribution in [3.8, 4) is 0 Å². The first-order valence-electron chi connectivity index (χ1n) is 10.4. The molecule has 166 valence electrons. The summed E-state index contributed by atoms with van der Waals surface area (Å²) in [7, 11) is 0. The van der Waals surface area contributed by atoms with Crippen LogP contribution in [-0.2, 0) is 9.59 Å². The average molecular weight is 460 g/mol. The van der Waals surface area contributed by atoms with Gasteiger partial charge in [-0.15, -0.1) is 0 Å². The molecule has 4 rings (SSSR count). The topological polar surface area (TPSA) is 94.2 Å². The van der Waals surface area contributed by atoms with E-state index < -0.39 is 17.9 Å². The molecule has 4 aromatic rings. The lowest BCUT2D eigenvalue weighted by atomic mass is 10.00. The van der Waals surface area contributed by atoms with E-state index in [1.54, 1.807) is 67.6 Å². The van der Waals surface area contributed by atoms with Crippen molar-refractivity contribution >= 4 is 39.9 Å². The number of aromatic nitrogens is 1. The normalized spacial score (nSPS) is 12.8.